The summed E-state index contributed by atoms with van der Waals surface area (Å²) in [5.74, 6) is 2.30. The van der Waals surface area contributed by atoms with Gasteiger partial charge in [0.1, 0.15) is 18.1 Å². The zero-order chi connectivity index (χ0) is 17.8. The zero-order valence-electron chi connectivity index (χ0n) is 14.3. The molecule has 0 aliphatic rings. The first kappa shape index (κ1) is 16.5. The first-order valence-electron chi connectivity index (χ1n) is 8.33. The molecule has 0 radical (unpaired) electrons. The number of hydrogen-bond acceptors (Lipinski definition) is 4. The zero-order valence-corrected chi connectivity index (χ0v) is 15.2. The van der Waals surface area contributed by atoms with Gasteiger partial charge in [0.15, 0.2) is 5.75 Å². The molecule has 0 amide bonds. The van der Waals surface area contributed by atoms with Crippen molar-refractivity contribution in [3.05, 3.63) is 84.4 Å². The highest BCUT2D eigenvalue weighted by Crippen LogP contribution is 2.46. The predicted octanol–water partition coefficient (Wildman–Crippen LogP) is 6.28. The Labute approximate surface area is 156 Å². The second-order valence-corrected chi connectivity index (χ2v) is 6.78. The summed E-state index contributed by atoms with van der Waals surface area (Å²) in [7, 11) is 1.65. The lowest BCUT2D eigenvalue weighted by atomic mass is 10.2. The maximum atomic E-state index is 6.18. The molecule has 4 rings (SSSR count). The Morgan fingerprint density at radius 3 is 2.23 bits per heavy atom. The summed E-state index contributed by atoms with van der Waals surface area (Å²) in [6.45, 7) is 0.507. The van der Waals surface area contributed by atoms with E-state index in [1.165, 1.54) is 0 Å². The molecular formula is C22H18O3S. The van der Waals surface area contributed by atoms with E-state index >= 15 is 0 Å². The van der Waals surface area contributed by atoms with Crippen LogP contribution in [0, 0.1) is 0 Å². The summed E-state index contributed by atoms with van der Waals surface area (Å²) in [6, 6.07) is 25.9. The van der Waals surface area contributed by atoms with Crippen LogP contribution in [0.3, 0.4) is 0 Å². The second-order valence-electron chi connectivity index (χ2n) is 5.77. The van der Waals surface area contributed by atoms with E-state index in [1.807, 2.05) is 54.6 Å². The summed E-state index contributed by atoms with van der Waals surface area (Å²) < 4.78 is 18.6. The molecule has 26 heavy (non-hydrogen) atoms. The molecule has 0 fully saturated rings. The minimum atomic E-state index is 0.507. The van der Waals surface area contributed by atoms with Crippen molar-refractivity contribution in [1.29, 1.82) is 0 Å². The maximum Gasteiger partial charge on any atom is 0.219 e. The number of ether oxygens (including phenoxy) is 3. The Balaban J connectivity index is 1.64. The lowest BCUT2D eigenvalue weighted by molar-refractivity contribution is 0.302. The van der Waals surface area contributed by atoms with Crippen molar-refractivity contribution in [3.63, 3.8) is 0 Å². The predicted molar refractivity (Wildman–Crippen MR) is 106 cm³/mol. The molecule has 3 aromatic carbocycles. The van der Waals surface area contributed by atoms with Crippen molar-refractivity contribution >= 4 is 21.4 Å². The van der Waals surface area contributed by atoms with Crippen LogP contribution in [-0.2, 0) is 6.61 Å². The number of thiophene rings is 1. The number of methoxy groups -OCH3 is 1. The molecule has 130 valence electrons. The Hall–Kier alpha value is -2.98. The van der Waals surface area contributed by atoms with E-state index in [9.17, 15) is 0 Å². The van der Waals surface area contributed by atoms with E-state index in [0.717, 1.165) is 38.0 Å². The van der Waals surface area contributed by atoms with E-state index in [-0.39, 0.29) is 0 Å². The van der Waals surface area contributed by atoms with Crippen LogP contribution in [0.5, 0.6) is 22.3 Å². The molecular weight excluding hydrogens is 344 g/mol. The van der Waals surface area contributed by atoms with Gasteiger partial charge in [-0.25, -0.2) is 0 Å². The summed E-state index contributed by atoms with van der Waals surface area (Å²) in [6.07, 6.45) is 0. The molecule has 0 unspecified atom stereocenters. The van der Waals surface area contributed by atoms with Crippen LogP contribution in [-0.4, -0.2) is 7.11 Å². The van der Waals surface area contributed by atoms with Crippen molar-refractivity contribution < 1.29 is 14.2 Å². The highest BCUT2D eigenvalue weighted by Gasteiger charge is 2.16. The summed E-state index contributed by atoms with van der Waals surface area (Å²) in [5, 5.41) is 1.84. The summed E-state index contributed by atoms with van der Waals surface area (Å²) in [5.41, 5.74) is 1.13. The minimum Gasteiger partial charge on any atom is -0.497 e. The van der Waals surface area contributed by atoms with Gasteiger partial charge in [-0.2, -0.15) is 0 Å². The Kier molecular flexibility index (Phi) is 4.75. The molecule has 0 N–H and O–H groups in total. The normalized spacial score (nSPS) is 10.7. The summed E-state index contributed by atoms with van der Waals surface area (Å²) >= 11 is 1.60. The van der Waals surface area contributed by atoms with Gasteiger partial charge < -0.3 is 14.2 Å². The molecule has 0 aliphatic heterocycles. The molecule has 0 atom stereocenters. The average Bonchev–Trinajstić information content (AvgIpc) is 3.05. The molecule has 0 spiro atoms. The third-order valence-corrected chi connectivity index (χ3v) is 5.08. The van der Waals surface area contributed by atoms with Crippen molar-refractivity contribution in [2.75, 3.05) is 7.11 Å². The number of fused-ring (bicyclic) bond motifs is 1. The molecule has 4 aromatic rings. The van der Waals surface area contributed by atoms with Crippen LogP contribution < -0.4 is 14.2 Å². The second kappa shape index (κ2) is 7.50. The quantitative estimate of drug-likeness (QED) is 0.404. The van der Waals surface area contributed by atoms with Gasteiger partial charge in [-0.05, 0) is 42.0 Å². The first-order valence-corrected chi connectivity index (χ1v) is 9.15. The Morgan fingerprint density at radius 1 is 0.769 bits per heavy atom. The Bertz CT molecular complexity index is 991. The topological polar surface area (TPSA) is 27.7 Å². The van der Waals surface area contributed by atoms with Crippen molar-refractivity contribution in [3.8, 4) is 22.3 Å². The first-order chi connectivity index (χ1) is 12.8. The third-order valence-electron chi connectivity index (χ3n) is 4.01. The lowest BCUT2D eigenvalue weighted by Crippen LogP contribution is -1.95. The molecule has 0 bridgehead atoms. The molecule has 0 saturated heterocycles. The van der Waals surface area contributed by atoms with Crippen LogP contribution in [0.15, 0.2) is 78.9 Å². The lowest BCUT2D eigenvalue weighted by Gasteiger charge is -2.10. The molecule has 0 aliphatic carbocycles. The molecule has 0 saturated carbocycles. The van der Waals surface area contributed by atoms with Gasteiger partial charge in [-0.15, -0.1) is 0 Å². The monoisotopic (exact) mass is 362 g/mol. The maximum absolute atomic E-state index is 6.18. The smallest absolute Gasteiger partial charge is 0.219 e. The van der Waals surface area contributed by atoms with Gasteiger partial charge in [-0.3, -0.25) is 0 Å². The van der Waals surface area contributed by atoms with Crippen LogP contribution >= 0.6 is 11.3 Å². The van der Waals surface area contributed by atoms with Gasteiger partial charge in [0.25, 0.3) is 0 Å². The van der Waals surface area contributed by atoms with Gasteiger partial charge >= 0.3 is 0 Å². The van der Waals surface area contributed by atoms with E-state index in [2.05, 4.69) is 24.3 Å². The number of rotatable bonds is 6. The number of benzene rings is 3. The largest absolute Gasteiger partial charge is 0.497 e. The van der Waals surface area contributed by atoms with Crippen LogP contribution in [0.25, 0.3) is 10.1 Å². The molecule has 1 aromatic heterocycles. The van der Waals surface area contributed by atoms with E-state index in [4.69, 9.17) is 14.2 Å². The molecule has 3 nitrogen and oxygen atoms in total. The standard InChI is InChI=1S/C22H18O3S/c1-23-17-11-13-18(14-12-17)25-21-19-9-5-6-10-20(19)26-22(21)24-15-16-7-3-2-4-8-16/h2-14H,15H2,1H3. The molecule has 4 heteroatoms. The van der Waals surface area contributed by atoms with Crippen LogP contribution in [0.2, 0.25) is 0 Å². The van der Waals surface area contributed by atoms with Crippen molar-refractivity contribution in [1.82, 2.24) is 0 Å². The van der Waals surface area contributed by atoms with Gasteiger partial charge in [0.2, 0.25) is 5.06 Å². The molecule has 1 heterocycles. The van der Waals surface area contributed by atoms with Crippen molar-refractivity contribution in [2.45, 2.75) is 6.61 Å². The Morgan fingerprint density at radius 2 is 1.46 bits per heavy atom. The van der Waals surface area contributed by atoms with Gasteiger partial charge in [0, 0.05) is 10.1 Å². The van der Waals surface area contributed by atoms with Gasteiger partial charge in [-0.1, -0.05) is 53.8 Å². The summed E-state index contributed by atoms with van der Waals surface area (Å²) in [4.78, 5) is 0. The minimum absolute atomic E-state index is 0.507. The van der Waals surface area contributed by atoms with E-state index in [1.54, 1.807) is 18.4 Å². The van der Waals surface area contributed by atoms with Crippen LogP contribution in [0.1, 0.15) is 5.56 Å². The fourth-order valence-corrected chi connectivity index (χ4v) is 3.66. The fraction of sp³-hybridized carbons (Fsp3) is 0.0909. The fourth-order valence-electron chi connectivity index (χ4n) is 2.68. The van der Waals surface area contributed by atoms with Crippen LogP contribution in [0.4, 0.5) is 0 Å². The highest BCUT2D eigenvalue weighted by atomic mass is 32.1. The van der Waals surface area contributed by atoms with Gasteiger partial charge in [0.05, 0.1) is 7.11 Å². The van der Waals surface area contributed by atoms with E-state index < -0.39 is 0 Å². The average molecular weight is 362 g/mol. The van der Waals surface area contributed by atoms with E-state index in [0.29, 0.717) is 6.61 Å². The number of hydrogen-bond donors (Lipinski definition) is 0. The highest BCUT2D eigenvalue weighted by molar-refractivity contribution is 7.21. The third kappa shape index (κ3) is 3.51. The van der Waals surface area contributed by atoms with Crippen molar-refractivity contribution in [2.24, 2.45) is 0 Å². The SMILES string of the molecule is COc1ccc(Oc2c(OCc3ccccc3)sc3ccccc23)cc1.